The molecule has 108 valence electrons. The Kier molecular flexibility index (Phi) is 4.39. The van der Waals surface area contributed by atoms with Gasteiger partial charge in [0.05, 0.1) is 11.6 Å². The van der Waals surface area contributed by atoms with Crippen molar-refractivity contribution < 1.29 is 4.79 Å². The van der Waals surface area contributed by atoms with E-state index >= 15 is 0 Å². The third-order valence-electron chi connectivity index (χ3n) is 2.75. The van der Waals surface area contributed by atoms with Crippen molar-refractivity contribution in [3.8, 4) is 0 Å². The molecule has 2 amide bonds. The maximum Gasteiger partial charge on any atom is 0.316 e. The van der Waals surface area contributed by atoms with Gasteiger partial charge in [0.1, 0.15) is 10.0 Å². The van der Waals surface area contributed by atoms with E-state index in [9.17, 15) is 4.79 Å². The molecule has 2 rings (SSSR count). The number of hydrogen-bond acceptors (Lipinski definition) is 5. The van der Waals surface area contributed by atoms with Crippen molar-refractivity contribution in [2.24, 2.45) is 0 Å². The maximum absolute atomic E-state index is 12.1. The van der Waals surface area contributed by atoms with E-state index in [4.69, 9.17) is 0 Å². The molecule has 1 atom stereocenters. The number of urea groups is 1. The Hall–Kier alpha value is -1.47. The highest BCUT2D eigenvalue weighted by Gasteiger charge is 2.26. The number of nitrogens with zero attached hydrogens (tertiary/aromatic N) is 2. The van der Waals surface area contributed by atoms with Crippen LogP contribution in [0, 0.1) is 6.92 Å². The van der Waals surface area contributed by atoms with Crippen molar-refractivity contribution in [3.63, 3.8) is 0 Å². The molecule has 2 heterocycles. The molecule has 0 aromatic carbocycles. The summed E-state index contributed by atoms with van der Waals surface area (Å²) in [5.41, 5.74) is -0.494. The molecule has 20 heavy (non-hydrogen) atoms. The zero-order valence-corrected chi connectivity index (χ0v) is 13.6. The number of aryl methyl sites for hydroxylation is 1. The molecule has 0 aliphatic carbocycles. The Labute approximate surface area is 126 Å². The molecule has 5 nitrogen and oxygen atoms in total. The Bertz CT molecular complexity index is 577. The van der Waals surface area contributed by atoms with Gasteiger partial charge >= 0.3 is 6.03 Å². The van der Waals surface area contributed by atoms with Gasteiger partial charge in [-0.25, -0.2) is 14.8 Å². The third kappa shape index (κ3) is 3.55. The van der Waals surface area contributed by atoms with Crippen LogP contribution in [0.5, 0.6) is 0 Å². The highest BCUT2D eigenvalue weighted by atomic mass is 32.1. The number of carbonyl (C=O) groups excluding carboxylic acids is 1. The minimum atomic E-state index is -0.494. The van der Waals surface area contributed by atoms with Crippen LogP contribution in [0.4, 0.5) is 4.79 Å². The molecule has 0 radical (unpaired) electrons. The lowest BCUT2D eigenvalue weighted by molar-refractivity contribution is 0.227. The van der Waals surface area contributed by atoms with E-state index in [0.29, 0.717) is 0 Å². The molecule has 0 bridgehead atoms. The predicted octanol–water partition coefficient (Wildman–Crippen LogP) is 3.20. The van der Waals surface area contributed by atoms with E-state index in [-0.39, 0.29) is 12.1 Å². The van der Waals surface area contributed by atoms with Crippen LogP contribution in [-0.4, -0.2) is 16.0 Å². The van der Waals surface area contributed by atoms with Gasteiger partial charge in [0.15, 0.2) is 0 Å². The second-order valence-corrected chi connectivity index (χ2v) is 7.25. The first-order valence-electron chi connectivity index (χ1n) is 6.29. The fourth-order valence-electron chi connectivity index (χ4n) is 1.72. The van der Waals surface area contributed by atoms with Crippen LogP contribution >= 0.6 is 22.7 Å². The van der Waals surface area contributed by atoms with Gasteiger partial charge in [-0.15, -0.1) is 22.7 Å². The average molecular weight is 310 g/mol. The molecule has 2 N–H and O–H groups in total. The third-order valence-corrected chi connectivity index (χ3v) is 4.95. The smallest absolute Gasteiger partial charge is 0.316 e. The SMILES string of the molecule is Cc1cnc(C(C)(C)NC(=O)N[C@H](C)c2nccs2)s1. The zero-order chi connectivity index (χ0) is 14.8. The maximum atomic E-state index is 12.1. The number of thiazole rings is 2. The van der Waals surface area contributed by atoms with E-state index in [1.165, 1.54) is 11.3 Å². The lowest BCUT2D eigenvalue weighted by atomic mass is 10.1. The van der Waals surface area contributed by atoms with E-state index in [0.717, 1.165) is 14.9 Å². The van der Waals surface area contributed by atoms with Crippen molar-refractivity contribution in [1.82, 2.24) is 20.6 Å². The van der Waals surface area contributed by atoms with Gasteiger partial charge in [-0.2, -0.15) is 0 Å². The molecule has 0 fully saturated rings. The van der Waals surface area contributed by atoms with Crippen LogP contribution in [0.15, 0.2) is 17.8 Å². The first-order chi connectivity index (χ1) is 9.38. The molecule has 0 saturated carbocycles. The molecule has 2 aromatic rings. The van der Waals surface area contributed by atoms with E-state index < -0.39 is 5.54 Å². The van der Waals surface area contributed by atoms with E-state index in [1.807, 2.05) is 39.3 Å². The normalized spacial score (nSPS) is 13.0. The van der Waals surface area contributed by atoms with Crippen LogP contribution in [0.2, 0.25) is 0 Å². The number of rotatable bonds is 4. The van der Waals surface area contributed by atoms with Crippen LogP contribution in [0.25, 0.3) is 0 Å². The summed E-state index contributed by atoms with van der Waals surface area (Å²) in [5, 5.41) is 9.53. The van der Waals surface area contributed by atoms with Crippen LogP contribution in [0.1, 0.15) is 41.7 Å². The van der Waals surface area contributed by atoms with Gasteiger partial charge < -0.3 is 10.6 Å². The summed E-state index contributed by atoms with van der Waals surface area (Å²) < 4.78 is 0. The van der Waals surface area contributed by atoms with Gasteiger partial charge in [-0.1, -0.05) is 0 Å². The Balaban J connectivity index is 1.97. The number of carbonyl (C=O) groups is 1. The first kappa shape index (κ1) is 14.9. The topological polar surface area (TPSA) is 66.9 Å². The Morgan fingerprint density at radius 3 is 2.70 bits per heavy atom. The molecule has 0 aliphatic heterocycles. The molecule has 0 aliphatic rings. The van der Waals surface area contributed by atoms with Crippen molar-refractivity contribution in [3.05, 3.63) is 32.7 Å². The summed E-state index contributed by atoms with van der Waals surface area (Å²) in [5.74, 6) is 0. The molecule has 2 aromatic heterocycles. The summed E-state index contributed by atoms with van der Waals surface area (Å²) in [6.45, 7) is 7.80. The van der Waals surface area contributed by atoms with Crippen LogP contribution in [0.3, 0.4) is 0 Å². The lowest BCUT2D eigenvalue weighted by Crippen LogP contribution is -2.47. The van der Waals surface area contributed by atoms with Gasteiger partial charge in [0.2, 0.25) is 0 Å². The molecular formula is C13H18N4OS2. The van der Waals surface area contributed by atoms with E-state index in [1.54, 1.807) is 17.5 Å². The second-order valence-electron chi connectivity index (χ2n) is 5.09. The highest BCUT2D eigenvalue weighted by Crippen LogP contribution is 2.24. The quantitative estimate of drug-likeness (QED) is 0.911. The van der Waals surface area contributed by atoms with Gasteiger partial charge in [-0.3, -0.25) is 0 Å². The lowest BCUT2D eigenvalue weighted by Gasteiger charge is -2.25. The molecule has 7 heteroatoms. The fourth-order valence-corrected chi connectivity index (χ4v) is 3.19. The first-order valence-corrected chi connectivity index (χ1v) is 7.99. The van der Waals surface area contributed by atoms with Crippen molar-refractivity contribution in [2.75, 3.05) is 0 Å². The zero-order valence-electron chi connectivity index (χ0n) is 11.9. The molecule has 0 unspecified atom stereocenters. The largest absolute Gasteiger partial charge is 0.329 e. The Morgan fingerprint density at radius 1 is 1.40 bits per heavy atom. The van der Waals surface area contributed by atoms with Gasteiger partial charge in [0.25, 0.3) is 0 Å². The number of nitrogens with one attached hydrogen (secondary N) is 2. The number of hydrogen-bond donors (Lipinski definition) is 2. The van der Waals surface area contributed by atoms with Crippen molar-refractivity contribution >= 4 is 28.7 Å². The van der Waals surface area contributed by atoms with Crippen LogP contribution < -0.4 is 10.6 Å². The Morgan fingerprint density at radius 2 is 2.15 bits per heavy atom. The minimum absolute atomic E-state index is 0.108. The second kappa shape index (κ2) is 5.88. The fraction of sp³-hybridized carbons (Fsp3) is 0.462. The average Bonchev–Trinajstić information content (AvgIpc) is 2.97. The van der Waals surface area contributed by atoms with Crippen LogP contribution in [-0.2, 0) is 5.54 Å². The van der Waals surface area contributed by atoms with E-state index in [2.05, 4.69) is 20.6 Å². The summed E-state index contributed by atoms with van der Waals surface area (Å²) in [6, 6.07) is -0.325. The molecule has 0 saturated heterocycles. The number of aromatic nitrogens is 2. The summed E-state index contributed by atoms with van der Waals surface area (Å²) in [7, 11) is 0. The minimum Gasteiger partial charge on any atom is -0.329 e. The van der Waals surface area contributed by atoms with Gasteiger partial charge in [0, 0.05) is 22.7 Å². The summed E-state index contributed by atoms with van der Waals surface area (Å²) in [6.07, 6.45) is 3.55. The standard InChI is InChI=1S/C13H18N4OS2/c1-8-7-15-11(20-8)13(3,4)17-12(18)16-9(2)10-14-5-6-19-10/h5-7,9H,1-4H3,(H2,16,17,18)/t9-/m1/s1. The summed E-state index contributed by atoms with van der Waals surface area (Å²) >= 11 is 3.12. The summed E-state index contributed by atoms with van der Waals surface area (Å²) in [4.78, 5) is 21.7. The monoisotopic (exact) mass is 310 g/mol. The predicted molar refractivity (Wildman–Crippen MR) is 82.1 cm³/mol. The van der Waals surface area contributed by atoms with Crippen molar-refractivity contribution in [1.29, 1.82) is 0 Å². The number of amides is 2. The molecule has 0 spiro atoms. The van der Waals surface area contributed by atoms with Gasteiger partial charge in [-0.05, 0) is 27.7 Å². The van der Waals surface area contributed by atoms with Crippen molar-refractivity contribution in [2.45, 2.75) is 39.3 Å². The molecular weight excluding hydrogens is 292 g/mol. The highest BCUT2D eigenvalue weighted by molar-refractivity contribution is 7.11.